The number of carbonyl (C=O) groups excluding carboxylic acids is 1. The average molecular weight is 315 g/mol. The molecule has 2 aromatic rings. The van der Waals surface area contributed by atoms with Gasteiger partial charge in [0.05, 0.1) is 12.1 Å². The molecule has 6 heteroatoms. The zero-order valence-electron chi connectivity index (χ0n) is 13.3. The Morgan fingerprint density at radius 1 is 1.43 bits per heavy atom. The van der Waals surface area contributed by atoms with Gasteiger partial charge in [-0.1, -0.05) is 36.3 Å². The second-order valence-corrected chi connectivity index (χ2v) is 5.90. The number of fused-ring (bicyclic) bond motifs is 1. The van der Waals surface area contributed by atoms with E-state index in [0.717, 1.165) is 17.5 Å². The number of aliphatic hydroxyl groups excluding tert-OH is 1. The topological polar surface area (TPSA) is 87.4 Å². The Labute approximate surface area is 134 Å². The first-order chi connectivity index (χ1) is 11.1. The summed E-state index contributed by atoms with van der Waals surface area (Å²) < 4.78 is 5.18. The second kappa shape index (κ2) is 6.04. The van der Waals surface area contributed by atoms with Crippen LogP contribution >= 0.6 is 0 Å². The largest absolute Gasteiger partial charge is 0.394 e. The van der Waals surface area contributed by atoms with E-state index >= 15 is 0 Å². The van der Waals surface area contributed by atoms with Gasteiger partial charge in [0.2, 0.25) is 0 Å². The lowest BCUT2D eigenvalue weighted by molar-refractivity contribution is 0.164. The maximum Gasteiger partial charge on any atom is 0.320 e. The smallest absolute Gasteiger partial charge is 0.320 e. The summed E-state index contributed by atoms with van der Waals surface area (Å²) in [5.41, 5.74) is 2.65. The Morgan fingerprint density at radius 3 is 2.96 bits per heavy atom. The third-order valence-corrected chi connectivity index (χ3v) is 4.47. The van der Waals surface area contributed by atoms with Crippen LogP contribution in [0.25, 0.3) is 0 Å². The number of aryl methyl sites for hydroxylation is 3. The van der Waals surface area contributed by atoms with E-state index < -0.39 is 5.54 Å². The van der Waals surface area contributed by atoms with Crippen molar-refractivity contribution in [3.05, 3.63) is 46.8 Å². The number of amides is 2. The number of carbonyl (C=O) groups is 1. The number of aromatic nitrogens is 1. The van der Waals surface area contributed by atoms with Gasteiger partial charge in [0.25, 0.3) is 0 Å². The van der Waals surface area contributed by atoms with Crippen LogP contribution in [0.15, 0.2) is 28.8 Å². The van der Waals surface area contributed by atoms with E-state index in [0.29, 0.717) is 30.0 Å². The second-order valence-electron chi connectivity index (χ2n) is 5.90. The van der Waals surface area contributed by atoms with Gasteiger partial charge in [0, 0.05) is 6.42 Å². The summed E-state index contributed by atoms with van der Waals surface area (Å²) in [4.78, 5) is 12.5. The van der Waals surface area contributed by atoms with Crippen molar-refractivity contribution in [2.45, 2.75) is 38.6 Å². The van der Waals surface area contributed by atoms with Crippen molar-refractivity contribution in [2.75, 3.05) is 11.9 Å². The number of hydrogen-bond acceptors (Lipinski definition) is 4. The first-order valence-electron chi connectivity index (χ1n) is 7.83. The molecule has 1 unspecified atom stereocenters. The molecule has 1 atom stereocenters. The zero-order chi connectivity index (χ0) is 16.4. The molecular formula is C17H21N3O3. The summed E-state index contributed by atoms with van der Waals surface area (Å²) in [5.74, 6) is 0.641. The molecule has 1 aliphatic rings. The normalized spacial score (nSPS) is 19.4. The van der Waals surface area contributed by atoms with Gasteiger partial charge >= 0.3 is 6.03 Å². The Bertz CT molecular complexity index is 726. The van der Waals surface area contributed by atoms with Crippen molar-refractivity contribution in [1.82, 2.24) is 10.5 Å². The molecule has 0 saturated heterocycles. The van der Waals surface area contributed by atoms with Gasteiger partial charge < -0.3 is 20.3 Å². The summed E-state index contributed by atoms with van der Waals surface area (Å²) in [6.07, 6.45) is 2.16. The van der Waals surface area contributed by atoms with Crippen LogP contribution in [0.5, 0.6) is 0 Å². The molecular weight excluding hydrogens is 294 g/mol. The van der Waals surface area contributed by atoms with Crippen LogP contribution in [0.1, 0.15) is 35.9 Å². The molecule has 0 radical (unpaired) electrons. The molecule has 1 aromatic carbocycles. The molecule has 6 nitrogen and oxygen atoms in total. The summed E-state index contributed by atoms with van der Waals surface area (Å²) in [6.45, 7) is 3.58. The molecule has 1 aromatic heterocycles. The van der Waals surface area contributed by atoms with Crippen molar-refractivity contribution in [3.8, 4) is 0 Å². The summed E-state index contributed by atoms with van der Waals surface area (Å²) in [5, 5.41) is 19.6. The SMILES string of the molecule is CCc1onc(C)c1NC(=O)NC1(CO)CCc2ccccc21. The van der Waals surface area contributed by atoms with Gasteiger partial charge in [-0.15, -0.1) is 0 Å². The van der Waals surface area contributed by atoms with Gasteiger partial charge in [-0.2, -0.15) is 0 Å². The predicted molar refractivity (Wildman–Crippen MR) is 86.3 cm³/mol. The van der Waals surface area contributed by atoms with Gasteiger partial charge in [-0.25, -0.2) is 4.79 Å². The predicted octanol–water partition coefficient (Wildman–Crippen LogP) is 2.50. The van der Waals surface area contributed by atoms with Crippen molar-refractivity contribution in [2.24, 2.45) is 0 Å². The number of nitrogens with zero attached hydrogens (tertiary/aromatic N) is 1. The molecule has 23 heavy (non-hydrogen) atoms. The summed E-state index contributed by atoms with van der Waals surface area (Å²) in [6, 6.07) is 7.53. The fourth-order valence-corrected chi connectivity index (χ4v) is 3.20. The van der Waals surface area contributed by atoms with E-state index in [2.05, 4.69) is 15.8 Å². The lowest BCUT2D eigenvalue weighted by Gasteiger charge is -2.29. The van der Waals surface area contributed by atoms with E-state index in [1.54, 1.807) is 6.92 Å². The van der Waals surface area contributed by atoms with Crippen LogP contribution in [0, 0.1) is 6.92 Å². The van der Waals surface area contributed by atoms with Gasteiger partial charge in [-0.3, -0.25) is 0 Å². The first kappa shape index (κ1) is 15.6. The number of anilines is 1. The maximum absolute atomic E-state index is 12.5. The van der Waals surface area contributed by atoms with Crippen LogP contribution in [0.4, 0.5) is 10.5 Å². The molecule has 0 saturated carbocycles. The molecule has 0 bridgehead atoms. The first-order valence-corrected chi connectivity index (χ1v) is 7.83. The Kier molecular flexibility index (Phi) is 4.09. The van der Waals surface area contributed by atoms with E-state index in [9.17, 15) is 9.90 Å². The standard InChI is InChI=1S/C17H21N3O3/c1-3-14-15(11(2)20-23-14)18-16(22)19-17(10-21)9-8-12-6-4-5-7-13(12)17/h4-7,21H,3,8-10H2,1-2H3,(H2,18,19,22). The number of rotatable bonds is 4. The maximum atomic E-state index is 12.5. The minimum absolute atomic E-state index is 0.138. The molecule has 1 heterocycles. The van der Waals surface area contributed by atoms with Crippen molar-refractivity contribution in [3.63, 3.8) is 0 Å². The van der Waals surface area contributed by atoms with Gasteiger partial charge in [-0.05, 0) is 30.9 Å². The molecule has 3 rings (SSSR count). The van der Waals surface area contributed by atoms with Crippen LogP contribution in [-0.2, 0) is 18.4 Å². The Balaban J connectivity index is 1.81. The highest BCUT2D eigenvalue weighted by Gasteiger charge is 2.39. The highest BCUT2D eigenvalue weighted by molar-refractivity contribution is 5.91. The summed E-state index contributed by atoms with van der Waals surface area (Å²) >= 11 is 0. The van der Waals surface area contributed by atoms with E-state index in [1.807, 2.05) is 31.2 Å². The molecule has 0 spiro atoms. The highest BCUT2D eigenvalue weighted by atomic mass is 16.5. The van der Waals surface area contributed by atoms with Crippen LogP contribution in [0.3, 0.4) is 0 Å². The molecule has 122 valence electrons. The molecule has 3 N–H and O–H groups in total. The van der Waals surface area contributed by atoms with Crippen molar-refractivity contribution in [1.29, 1.82) is 0 Å². The molecule has 0 fully saturated rings. The average Bonchev–Trinajstić information content (AvgIpc) is 3.10. The van der Waals surface area contributed by atoms with Crippen molar-refractivity contribution >= 4 is 11.7 Å². The monoisotopic (exact) mass is 315 g/mol. The Hall–Kier alpha value is -2.34. The molecule has 0 aliphatic heterocycles. The lowest BCUT2D eigenvalue weighted by Crippen LogP contribution is -2.49. The van der Waals surface area contributed by atoms with Gasteiger partial charge in [0.1, 0.15) is 11.4 Å². The van der Waals surface area contributed by atoms with E-state index in [-0.39, 0.29) is 12.6 Å². The van der Waals surface area contributed by atoms with Gasteiger partial charge in [0.15, 0.2) is 5.76 Å². The number of hydrogen-bond donors (Lipinski definition) is 3. The fraction of sp³-hybridized carbons (Fsp3) is 0.412. The number of nitrogens with one attached hydrogen (secondary N) is 2. The molecule has 2 amide bonds. The fourth-order valence-electron chi connectivity index (χ4n) is 3.20. The number of urea groups is 1. The molecule has 1 aliphatic carbocycles. The van der Waals surface area contributed by atoms with Crippen LogP contribution in [-0.4, -0.2) is 22.9 Å². The van der Waals surface area contributed by atoms with E-state index in [4.69, 9.17) is 4.52 Å². The number of aliphatic hydroxyl groups is 1. The lowest BCUT2D eigenvalue weighted by atomic mass is 9.93. The van der Waals surface area contributed by atoms with E-state index in [1.165, 1.54) is 0 Å². The number of benzene rings is 1. The van der Waals surface area contributed by atoms with Crippen LogP contribution < -0.4 is 10.6 Å². The highest BCUT2D eigenvalue weighted by Crippen LogP contribution is 2.36. The third-order valence-electron chi connectivity index (χ3n) is 4.47. The zero-order valence-corrected chi connectivity index (χ0v) is 13.3. The minimum Gasteiger partial charge on any atom is -0.394 e. The minimum atomic E-state index is -0.738. The Morgan fingerprint density at radius 2 is 2.22 bits per heavy atom. The summed E-state index contributed by atoms with van der Waals surface area (Å²) in [7, 11) is 0. The van der Waals surface area contributed by atoms with Crippen LogP contribution in [0.2, 0.25) is 0 Å². The quantitative estimate of drug-likeness (QED) is 0.809. The van der Waals surface area contributed by atoms with Crippen molar-refractivity contribution < 1.29 is 14.4 Å². The third kappa shape index (κ3) is 2.70.